The number of rotatable bonds is 7. The first kappa shape index (κ1) is 19.4. The number of thioether (sulfide) groups is 1. The lowest BCUT2D eigenvalue weighted by molar-refractivity contribution is -0.116. The van der Waals surface area contributed by atoms with Crippen LogP contribution in [0.5, 0.6) is 0 Å². The Hall–Kier alpha value is -0.900. The van der Waals surface area contributed by atoms with Crippen molar-refractivity contribution in [1.29, 1.82) is 0 Å². The van der Waals surface area contributed by atoms with Crippen LogP contribution in [0.25, 0.3) is 0 Å². The Morgan fingerprint density at radius 2 is 2.00 bits per heavy atom. The van der Waals surface area contributed by atoms with Gasteiger partial charge in [0, 0.05) is 10.9 Å². The molecule has 1 heterocycles. The average Bonchev–Trinajstić information content (AvgIpc) is 2.87. The van der Waals surface area contributed by atoms with Crippen molar-refractivity contribution in [2.45, 2.75) is 28.9 Å². The highest BCUT2D eigenvalue weighted by atomic mass is 79.9. The molecular weight excluding hydrogens is 432 g/mol. The zero-order valence-electron chi connectivity index (χ0n) is 13.2. The first-order valence-electron chi connectivity index (χ1n) is 7.11. The van der Waals surface area contributed by atoms with Gasteiger partial charge in [-0.1, -0.05) is 27.3 Å². The number of carbonyl (C=O) groups is 1. The lowest BCUT2D eigenvalue weighted by atomic mass is 10.3. The SMILES string of the molecule is CSc1sc(NC(=O)CCCS(=O)(=O)c2ccc(Br)cc2)nc1C. The van der Waals surface area contributed by atoms with Crippen molar-refractivity contribution in [2.75, 3.05) is 17.3 Å². The standard InChI is InChI=1S/C15H17BrN2O3S3/c1-10-14(22-2)23-15(17-10)18-13(19)4-3-9-24(20,21)12-7-5-11(16)6-8-12/h5-8H,3-4,9H2,1-2H3,(H,17,18,19). The van der Waals surface area contributed by atoms with Gasteiger partial charge in [0.15, 0.2) is 15.0 Å². The van der Waals surface area contributed by atoms with Crippen LogP contribution in [0, 0.1) is 6.92 Å². The van der Waals surface area contributed by atoms with Crippen LogP contribution >= 0.6 is 39.0 Å². The summed E-state index contributed by atoms with van der Waals surface area (Å²) in [5.41, 5.74) is 0.889. The summed E-state index contributed by atoms with van der Waals surface area (Å²) in [7, 11) is -3.37. The van der Waals surface area contributed by atoms with Gasteiger partial charge in [-0.05, 0) is 43.9 Å². The van der Waals surface area contributed by atoms with Crippen LogP contribution in [0.2, 0.25) is 0 Å². The maximum absolute atomic E-state index is 12.2. The summed E-state index contributed by atoms with van der Waals surface area (Å²) in [6.07, 6.45) is 2.37. The van der Waals surface area contributed by atoms with Gasteiger partial charge in [-0.2, -0.15) is 0 Å². The quantitative estimate of drug-likeness (QED) is 0.644. The number of nitrogens with one attached hydrogen (secondary N) is 1. The molecule has 0 atom stereocenters. The van der Waals surface area contributed by atoms with E-state index < -0.39 is 9.84 Å². The molecule has 1 N–H and O–H groups in total. The Kier molecular flexibility index (Phi) is 6.85. The number of aryl methyl sites for hydroxylation is 1. The zero-order chi connectivity index (χ0) is 17.7. The molecule has 24 heavy (non-hydrogen) atoms. The first-order valence-corrected chi connectivity index (χ1v) is 11.6. The van der Waals surface area contributed by atoms with Crippen molar-refractivity contribution >= 4 is 59.9 Å². The summed E-state index contributed by atoms with van der Waals surface area (Å²) in [5, 5.41) is 3.28. The number of nitrogens with zero attached hydrogens (tertiary/aromatic N) is 1. The van der Waals surface area contributed by atoms with E-state index in [2.05, 4.69) is 26.2 Å². The second-order valence-electron chi connectivity index (χ2n) is 5.02. The van der Waals surface area contributed by atoms with E-state index in [1.165, 1.54) is 11.3 Å². The smallest absolute Gasteiger partial charge is 0.226 e. The van der Waals surface area contributed by atoms with Gasteiger partial charge in [0.05, 0.1) is 20.6 Å². The Morgan fingerprint density at radius 1 is 1.33 bits per heavy atom. The minimum absolute atomic E-state index is 0.0605. The second-order valence-corrected chi connectivity index (χ2v) is 10.1. The van der Waals surface area contributed by atoms with Crippen molar-refractivity contribution in [3.63, 3.8) is 0 Å². The molecule has 0 aliphatic carbocycles. The molecule has 0 radical (unpaired) electrons. The predicted molar refractivity (Wildman–Crippen MR) is 103 cm³/mol. The molecular formula is C15H17BrN2O3S3. The minimum atomic E-state index is -3.37. The summed E-state index contributed by atoms with van der Waals surface area (Å²) in [4.78, 5) is 16.5. The number of anilines is 1. The Labute approximate surface area is 158 Å². The number of benzene rings is 1. The molecule has 2 aromatic rings. The van der Waals surface area contributed by atoms with Gasteiger partial charge in [-0.15, -0.1) is 11.8 Å². The first-order chi connectivity index (χ1) is 11.3. The number of hydrogen-bond acceptors (Lipinski definition) is 6. The third-order valence-corrected chi connectivity index (χ3v) is 7.80. The number of aromatic nitrogens is 1. The molecule has 1 aromatic heterocycles. The number of hydrogen-bond donors (Lipinski definition) is 1. The molecule has 2 rings (SSSR count). The highest BCUT2D eigenvalue weighted by Gasteiger charge is 2.15. The summed E-state index contributed by atoms with van der Waals surface area (Å²) < 4.78 is 26.3. The molecule has 0 bridgehead atoms. The van der Waals surface area contributed by atoms with Crippen molar-refractivity contribution < 1.29 is 13.2 Å². The largest absolute Gasteiger partial charge is 0.302 e. The fourth-order valence-corrected chi connectivity index (χ4v) is 5.19. The molecule has 0 saturated carbocycles. The van der Waals surface area contributed by atoms with Crippen molar-refractivity contribution in [3.8, 4) is 0 Å². The molecule has 0 aliphatic rings. The van der Waals surface area contributed by atoms with E-state index in [-0.39, 0.29) is 29.4 Å². The van der Waals surface area contributed by atoms with Gasteiger partial charge < -0.3 is 5.32 Å². The molecule has 1 amide bonds. The number of amides is 1. The molecule has 1 aromatic carbocycles. The fraction of sp³-hybridized carbons (Fsp3) is 0.333. The summed E-state index contributed by atoms with van der Waals surface area (Å²) >= 11 is 6.28. The van der Waals surface area contributed by atoms with Crippen LogP contribution in [0.15, 0.2) is 37.8 Å². The maximum Gasteiger partial charge on any atom is 0.226 e. The van der Waals surface area contributed by atoms with E-state index in [1.54, 1.807) is 36.0 Å². The molecule has 0 unspecified atom stereocenters. The molecule has 130 valence electrons. The Bertz CT molecular complexity index is 817. The van der Waals surface area contributed by atoms with Gasteiger partial charge in [0.1, 0.15) is 0 Å². The third kappa shape index (κ3) is 5.30. The molecule has 0 spiro atoms. The van der Waals surface area contributed by atoms with Crippen LogP contribution in [-0.2, 0) is 14.6 Å². The summed E-state index contributed by atoms with van der Waals surface area (Å²) in [6.45, 7) is 1.89. The molecule has 0 fully saturated rings. The van der Waals surface area contributed by atoms with Crippen LogP contribution < -0.4 is 5.32 Å². The second kappa shape index (κ2) is 8.46. The van der Waals surface area contributed by atoms with Gasteiger partial charge in [-0.25, -0.2) is 13.4 Å². The highest BCUT2D eigenvalue weighted by Crippen LogP contribution is 2.30. The Balaban J connectivity index is 1.86. The van der Waals surface area contributed by atoms with Crippen molar-refractivity contribution in [2.24, 2.45) is 0 Å². The monoisotopic (exact) mass is 448 g/mol. The van der Waals surface area contributed by atoms with Crippen LogP contribution in [0.1, 0.15) is 18.5 Å². The molecule has 0 saturated heterocycles. The van der Waals surface area contributed by atoms with E-state index in [4.69, 9.17) is 0 Å². The van der Waals surface area contributed by atoms with Crippen LogP contribution in [-0.4, -0.2) is 31.3 Å². The van der Waals surface area contributed by atoms with E-state index in [0.717, 1.165) is 14.4 Å². The van der Waals surface area contributed by atoms with Crippen molar-refractivity contribution in [3.05, 3.63) is 34.4 Å². The van der Waals surface area contributed by atoms with Gasteiger partial charge in [0.2, 0.25) is 5.91 Å². The fourth-order valence-electron chi connectivity index (χ4n) is 1.99. The predicted octanol–water partition coefficient (Wildman–Crippen LogP) is 4.13. The summed E-state index contributed by atoms with van der Waals surface area (Å²) in [5.74, 6) is -0.280. The molecule has 0 aliphatic heterocycles. The van der Waals surface area contributed by atoms with Gasteiger partial charge >= 0.3 is 0 Å². The Morgan fingerprint density at radius 3 is 2.58 bits per heavy atom. The normalized spacial score (nSPS) is 11.5. The van der Waals surface area contributed by atoms with E-state index in [9.17, 15) is 13.2 Å². The average molecular weight is 449 g/mol. The molecule has 9 heteroatoms. The van der Waals surface area contributed by atoms with Gasteiger partial charge in [0.25, 0.3) is 0 Å². The van der Waals surface area contributed by atoms with E-state index >= 15 is 0 Å². The lowest BCUT2D eigenvalue weighted by Crippen LogP contribution is -2.14. The summed E-state index contributed by atoms with van der Waals surface area (Å²) in [6, 6.07) is 6.49. The topological polar surface area (TPSA) is 76.1 Å². The number of halogens is 1. The number of thiazole rings is 1. The van der Waals surface area contributed by atoms with Crippen LogP contribution in [0.3, 0.4) is 0 Å². The number of sulfone groups is 1. The maximum atomic E-state index is 12.2. The highest BCUT2D eigenvalue weighted by molar-refractivity contribution is 9.10. The third-order valence-electron chi connectivity index (χ3n) is 3.18. The van der Waals surface area contributed by atoms with E-state index in [1.807, 2.05) is 13.2 Å². The lowest BCUT2D eigenvalue weighted by Gasteiger charge is -2.05. The zero-order valence-corrected chi connectivity index (χ0v) is 17.2. The van der Waals surface area contributed by atoms with E-state index in [0.29, 0.717) is 5.13 Å². The van der Waals surface area contributed by atoms with Gasteiger partial charge in [-0.3, -0.25) is 4.79 Å². The molecule has 5 nitrogen and oxygen atoms in total. The van der Waals surface area contributed by atoms with Crippen LogP contribution in [0.4, 0.5) is 5.13 Å². The van der Waals surface area contributed by atoms with Crippen molar-refractivity contribution in [1.82, 2.24) is 4.98 Å². The minimum Gasteiger partial charge on any atom is -0.302 e. The number of carbonyl (C=O) groups excluding carboxylic acids is 1.